The highest BCUT2D eigenvalue weighted by molar-refractivity contribution is 6.02. The van der Waals surface area contributed by atoms with Gasteiger partial charge < -0.3 is 14.5 Å². The quantitative estimate of drug-likeness (QED) is 0.367. The Morgan fingerprint density at radius 1 is 0.871 bits per heavy atom. The lowest BCUT2D eigenvalue weighted by Crippen LogP contribution is -2.27. The number of nitrogens with one attached hydrogen (secondary N) is 1. The second kappa shape index (κ2) is 6.86. The molecule has 3 heteroatoms. The van der Waals surface area contributed by atoms with E-state index in [1.807, 2.05) is 6.20 Å². The van der Waals surface area contributed by atoms with Crippen LogP contribution in [0.2, 0.25) is 0 Å². The normalized spacial score (nSPS) is 14.4. The molecule has 1 N–H and O–H groups in total. The number of likely N-dealkylation sites (N-methyl/N-ethyl adjacent to an activating group) is 1. The maximum absolute atomic E-state index is 3.31. The minimum Gasteiger partial charge on any atom is -0.361 e. The number of fused-ring (bicyclic) bond motifs is 4. The molecule has 3 nitrogen and oxygen atoms in total. The van der Waals surface area contributed by atoms with Crippen molar-refractivity contribution < 1.29 is 0 Å². The van der Waals surface area contributed by atoms with Gasteiger partial charge in [-0.1, -0.05) is 30.3 Å². The van der Waals surface area contributed by atoms with Crippen molar-refractivity contribution in [3.05, 3.63) is 83.7 Å². The average Bonchev–Trinajstić information content (AvgIpc) is 3.35. The van der Waals surface area contributed by atoms with Crippen LogP contribution in [0.15, 0.2) is 66.9 Å². The Balaban J connectivity index is 1.63. The first-order chi connectivity index (χ1) is 15.1. The second-order valence-electron chi connectivity index (χ2n) is 9.01. The standard InChI is InChI=1S/C28H27N3/c1-18-14-24(28-25(15-18)23-11-13-30(2)17-27(23)31(28)3)22-7-5-4-6-21(22)19-8-9-26-20(16-19)10-12-29-26/h4-10,12,14-16,29H,11,13,17H2,1-3H3. The topological polar surface area (TPSA) is 24.0 Å². The molecule has 6 rings (SSSR count). The van der Waals surface area contributed by atoms with Crippen LogP contribution < -0.4 is 0 Å². The highest BCUT2D eigenvalue weighted by Crippen LogP contribution is 2.41. The Hall–Kier alpha value is -3.30. The number of benzene rings is 3. The summed E-state index contributed by atoms with van der Waals surface area (Å²) >= 11 is 0. The van der Waals surface area contributed by atoms with Crippen LogP contribution in [0.25, 0.3) is 44.1 Å². The highest BCUT2D eigenvalue weighted by Gasteiger charge is 2.23. The minimum atomic E-state index is 1.02. The monoisotopic (exact) mass is 405 g/mol. The Morgan fingerprint density at radius 3 is 2.58 bits per heavy atom. The Kier molecular flexibility index (Phi) is 4.09. The van der Waals surface area contributed by atoms with E-state index in [1.54, 1.807) is 0 Å². The lowest BCUT2D eigenvalue weighted by atomic mass is 9.91. The molecule has 0 saturated heterocycles. The van der Waals surface area contributed by atoms with E-state index in [9.17, 15) is 0 Å². The second-order valence-corrected chi connectivity index (χ2v) is 9.01. The smallest absolute Gasteiger partial charge is 0.0563 e. The van der Waals surface area contributed by atoms with Crippen molar-refractivity contribution in [2.24, 2.45) is 7.05 Å². The third-order valence-corrected chi connectivity index (χ3v) is 6.91. The van der Waals surface area contributed by atoms with Crippen LogP contribution in [-0.4, -0.2) is 28.0 Å². The van der Waals surface area contributed by atoms with Crippen molar-refractivity contribution in [1.82, 2.24) is 14.5 Å². The lowest BCUT2D eigenvalue weighted by molar-refractivity contribution is 0.305. The van der Waals surface area contributed by atoms with Crippen molar-refractivity contribution in [3.63, 3.8) is 0 Å². The predicted molar refractivity (Wildman–Crippen MR) is 130 cm³/mol. The fourth-order valence-corrected chi connectivity index (χ4v) is 5.38. The Labute approximate surface area is 182 Å². The van der Waals surface area contributed by atoms with Crippen LogP contribution in [0.4, 0.5) is 0 Å². The van der Waals surface area contributed by atoms with E-state index in [1.165, 1.54) is 60.9 Å². The summed E-state index contributed by atoms with van der Waals surface area (Å²) in [5.41, 5.74) is 12.0. The van der Waals surface area contributed by atoms with E-state index in [-0.39, 0.29) is 0 Å². The van der Waals surface area contributed by atoms with Gasteiger partial charge in [0.15, 0.2) is 0 Å². The van der Waals surface area contributed by atoms with Crippen LogP contribution in [0.5, 0.6) is 0 Å². The summed E-state index contributed by atoms with van der Waals surface area (Å²) in [6.07, 6.45) is 3.13. The largest absolute Gasteiger partial charge is 0.361 e. The van der Waals surface area contributed by atoms with Crippen LogP contribution in [-0.2, 0) is 20.0 Å². The minimum absolute atomic E-state index is 1.02. The van der Waals surface area contributed by atoms with Gasteiger partial charge in [0.2, 0.25) is 0 Å². The van der Waals surface area contributed by atoms with Gasteiger partial charge in [-0.3, -0.25) is 0 Å². The molecule has 0 radical (unpaired) electrons. The number of nitrogens with zero attached hydrogens (tertiary/aromatic N) is 2. The molecule has 0 saturated carbocycles. The number of H-pyrrole nitrogens is 1. The van der Waals surface area contributed by atoms with Gasteiger partial charge >= 0.3 is 0 Å². The van der Waals surface area contributed by atoms with Gasteiger partial charge in [0.1, 0.15) is 0 Å². The van der Waals surface area contributed by atoms with Gasteiger partial charge in [0.05, 0.1) is 5.52 Å². The third kappa shape index (κ3) is 2.84. The molecule has 0 aliphatic carbocycles. The summed E-state index contributed by atoms with van der Waals surface area (Å²) in [5.74, 6) is 0. The first-order valence-corrected chi connectivity index (χ1v) is 11.1. The molecule has 0 fully saturated rings. The SMILES string of the molecule is Cc1cc(-c2ccccc2-c2ccc3[nH]ccc3c2)c2c(c1)c1c(n2C)CN(C)CC1. The number of aryl methyl sites for hydroxylation is 2. The fraction of sp³-hybridized carbons (Fsp3) is 0.214. The van der Waals surface area contributed by atoms with Gasteiger partial charge in [0, 0.05) is 48.5 Å². The van der Waals surface area contributed by atoms with Crippen molar-refractivity contribution in [2.75, 3.05) is 13.6 Å². The maximum Gasteiger partial charge on any atom is 0.0563 e. The lowest BCUT2D eigenvalue weighted by Gasteiger charge is -2.23. The zero-order valence-corrected chi connectivity index (χ0v) is 18.4. The van der Waals surface area contributed by atoms with Crippen LogP contribution >= 0.6 is 0 Å². The van der Waals surface area contributed by atoms with Crippen molar-refractivity contribution >= 4 is 21.8 Å². The highest BCUT2D eigenvalue weighted by atomic mass is 15.1. The summed E-state index contributed by atoms with van der Waals surface area (Å²) in [7, 11) is 4.47. The molecule has 3 aromatic carbocycles. The number of rotatable bonds is 2. The molecule has 3 heterocycles. The molecule has 5 aromatic rings. The Bertz CT molecular complexity index is 1450. The van der Waals surface area contributed by atoms with E-state index in [0.717, 1.165) is 19.5 Å². The number of aromatic nitrogens is 2. The molecule has 2 aromatic heterocycles. The first-order valence-electron chi connectivity index (χ1n) is 11.1. The van der Waals surface area contributed by atoms with E-state index >= 15 is 0 Å². The maximum atomic E-state index is 3.31. The Morgan fingerprint density at radius 2 is 1.71 bits per heavy atom. The van der Waals surface area contributed by atoms with Gasteiger partial charge in [-0.15, -0.1) is 0 Å². The molecule has 154 valence electrons. The van der Waals surface area contributed by atoms with Gasteiger partial charge in [-0.2, -0.15) is 0 Å². The third-order valence-electron chi connectivity index (χ3n) is 6.91. The van der Waals surface area contributed by atoms with Crippen LogP contribution in [0.1, 0.15) is 16.8 Å². The zero-order valence-electron chi connectivity index (χ0n) is 18.4. The van der Waals surface area contributed by atoms with Crippen LogP contribution in [0.3, 0.4) is 0 Å². The fourth-order valence-electron chi connectivity index (χ4n) is 5.38. The van der Waals surface area contributed by atoms with E-state index < -0.39 is 0 Å². The van der Waals surface area contributed by atoms with Gasteiger partial charge in [-0.05, 0) is 83.9 Å². The average molecular weight is 406 g/mol. The zero-order chi connectivity index (χ0) is 21.1. The summed E-state index contributed by atoms with van der Waals surface area (Å²) in [6, 6.07) is 22.5. The molecular formula is C28H27N3. The summed E-state index contributed by atoms with van der Waals surface area (Å²) in [4.78, 5) is 5.73. The van der Waals surface area contributed by atoms with Gasteiger partial charge in [0.25, 0.3) is 0 Å². The molecule has 0 unspecified atom stereocenters. The van der Waals surface area contributed by atoms with E-state index in [2.05, 4.69) is 96.1 Å². The van der Waals surface area contributed by atoms with E-state index in [0.29, 0.717) is 0 Å². The molecular weight excluding hydrogens is 378 g/mol. The molecule has 1 aliphatic rings. The van der Waals surface area contributed by atoms with Crippen molar-refractivity contribution in [1.29, 1.82) is 0 Å². The molecule has 0 bridgehead atoms. The summed E-state index contributed by atoms with van der Waals surface area (Å²) in [5, 5.41) is 2.68. The summed E-state index contributed by atoms with van der Waals surface area (Å²) in [6.45, 7) is 4.37. The molecule has 0 atom stereocenters. The number of hydrogen-bond acceptors (Lipinski definition) is 1. The first kappa shape index (κ1) is 18.5. The van der Waals surface area contributed by atoms with Crippen molar-refractivity contribution in [2.45, 2.75) is 19.9 Å². The number of aromatic amines is 1. The van der Waals surface area contributed by atoms with E-state index in [4.69, 9.17) is 0 Å². The molecule has 0 spiro atoms. The van der Waals surface area contributed by atoms with Crippen molar-refractivity contribution in [3.8, 4) is 22.3 Å². The molecule has 1 aliphatic heterocycles. The summed E-state index contributed by atoms with van der Waals surface area (Å²) < 4.78 is 2.45. The molecule has 0 amide bonds. The predicted octanol–water partition coefficient (Wildman–Crippen LogP) is 6.29. The van der Waals surface area contributed by atoms with Crippen LogP contribution in [0, 0.1) is 6.92 Å². The number of hydrogen-bond donors (Lipinski definition) is 1. The molecule has 31 heavy (non-hydrogen) atoms. The van der Waals surface area contributed by atoms with Gasteiger partial charge in [-0.25, -0.2) is 0 Å².